The summed E-state index contributed by atoms with van der Waals surface area (Å²) in [7, 11) is -0.649. The highest BCUT2D eigenvalue weighted by Crippen LogP contribution is 2.37. The van der Waals surface area contributed by atoms with Gasteiger partial charge in [0.2, 0.25) is 0 Å². The summed E-state index contributed by atoms with van der Waals surface area (Å²) >= 11 is 0. The van der Waals surface area contributed by atoms with Crippen molar-refractivity contribution in [1.29, 1.82) is 0 Å². The molecule has 4 rings (SSSR count). The van der Waals surface area contributed by atoms with Gasteiger partial charge >= 0.3 is 7.12 Å². The Labute approximate surface area is 146 Å². The molecular formula is C19H20BFN2O2. The largest absolute Gasteiger partial charge is 0.495 e. The minimum Gasteiger partial charge on any atom is -0.399 e. The van der Waals surface area contributed by atoms with E-state index in [2.05, 4.69) is 9.97 Å². The number of nitrogens with zero attached hydrogens (tertiary/aromatic N) is 1. The third-order valence-corrected chi connectivity index (χ3v) is 5.18. The lowest BCUT2D eigenvalue weighted by molar-refractivity contribution is 0.00578. The van der Waals surface area contributed by atoms with Crippen LogP contribution in [0.4, 0.5) is 4.39 Å². The highest BCUT2D eigenvalue weighted by Gasteiger charge is 2.52. The van der Waals surface area contributed by atoms with Gasteiger partial charge < -0.3 is 14.3 Å². The molecule has 0 atom stereocenters. The zero-order chi connectivity index (χ0) is 17.8. The Hall–Kier alpha value is -2.18. The van der Waals surface area contributed by atoms with Crippen molar-refractivity contribution >= 4 is 23.6 Å². The van der Waals surface area contributed by atoms with Gasteiger partial charge in [0, 0.05) is 0 Å². The molecule has 1 aliphatic heterocycles. The van der Waals surface area contributed by atoms with Crippen molar-refractivity contribution in [3.8, 4) is 11.4 Å². The number of rotatable bonds is 2. The van der Waals surface area contributed by atoms with Crippen molar-refractivity contribution in [2.24, 2.45) is 0 Å². The quantitative estimate of drug-likeness (QED) is 0.726. The molecule has 6 heteroatoms. The van der Waals surface area contributed by atoms with Gasteiger partial charge in [0.15, 0.2) is 0 Å². The summed E-state index contributed by atoms with van der Waals surface area (Å²) in [5.74, 6) is 0.121. The van der Waals surface area contributed by atoms with E-state index in [0.717, 1.165) is 11.0 Å². The minimum absolute atomic E-state index is 0.355. The molecule has 25 heavy (non-hydrogen) atoms. The molecule has 0 radical (unpaired) electrons. The van der Waals surface area contributed by atoms with E-state index in [1.165, 1.54) is 6.07 Å². The first kappa shape index (κ1) is 16.3. The van der Waals surface area contributed by atoms with Crippen LogP contribution in [0.1, 0.15) is 27.7 Å². The van der Waals surface area contributed by atoms with Crippen molar-refractivity contribution in [1.82, 2.24) is 9.97 Å². The van der Waals surface area contributed by atoms with Crippen LogP contribution in [0.5, 0.6) is 0 Å². The molecule has 1 aliphatic rings. The summed E-state index contributed by atoms with van der Waals surface area (Å²) in [5.41, 5.74) is 1.70. The lowest BCUT2D eigenvalue weighted by Crippen LogP contribution is -2.41. The number of hydrogen-bond acceptors (Lipinski definition) is 3. The molecule has 1 fully saturated rings. The maximum Gasteiger partial charge on any atom is 0.495 e. The molecule has 0 unspecified atom stereocenters. The van der Waals surface area contributed by atoms with E-state index < -0.39 is 18.3 Å². The smallest absolute Gasteiger partial charge is 0.399 e. The van der Waals surface area contributed by atoms with Crippen LogP contribution in [-0.4, -0.2) is 28.3 Å². The number of para-hydroxylation sites is 2. The first-order valence-electron chi connectivity index (χ1n) is 8.38. The number of fused-ring (bicyclic) bond motifs is 1. The van der Waals surface area contributed by atoms with Gasteiger partial charge in [0.25, 0.3) is 0 Å². The van der Waals surface area contributed by atoms with Gasteiger partial charge in [-0.15, -0.1) is 0 Å². The topological polar surface area (TPSA) is 47.1 Å². The lowest BCUT2D eigenvalue weighted by atomic mass is 9.75. The summed E-state index contributed by atoms with van der Waals surface area (Å²) in [6.07, 6.45) is 0. The summed E-state index contributed by atoms with van der Waals surface area (Å²) in [6, 6.07) is 12.6. The predicted octanol–water partition coefficient (Wildman–Crippen LogP) is 3.67. The summed E-state index contributed by atoms with van der Waals surface area (Å²) in [5, 5.41) is 0. The zero-order valence-corrected chi connectivity index (χ0v) is 14.8. The van der Waals surface area contributed by atoms with Gasteiger partial charge in [-0.2, -0.15) is 0 Å². The lowest BCUT2D eigenvalue weighted by Gasteiger charge is -2.32. The molecule has 1 N–H and O–H groups in total. The molecule has 3 aromatic rings. The second-order valence-electron chi connectivity index (χ2n) is 7.39. The zero-order valence-electron chi connectivity index (χ0n) is 14.8. The van der Waals surface area contributed by atoms with Crippen LogP contribution < -0.4 is 5.46 Å². The Morgan fingerprint density at radius 1 is 0.960 bits per heavy atom. The van der Waals surface area contributed by atoms with Crippen LogP contribution in [0, 0.1) is 5.82 Å². The van der Waals surface area contributed by atoms with Crippen molar-refractivity contribution in [3.63, 3.8) is 0 Å². The fraction of sp³-hybridized carbons (Fsp3) is 0.316. The van der Waals surface area contributed by atoms with Crippen LogP contribution in [0.2, 0.25) is 0 Å². The van der Waals surface area contributed by atoms with E-state index in [0.29, 0.717) is 16.9 Å². The summed E-state index contributed by atoms with van der Waals surface area (Å²) in [6.45, 7) is 7.92. The van der Waals surface area contributed by atoms with Crippen LogP contribution >= 0.6 is 0 Å². The Bertz CT molecular complexity index is 903. The number of hydrogen-bond donors (Lipinski definition) is 1. The molecule has 0 aliphatic carbocycles. The number of H-pyrrole nitrogens is 1. The van der Waals surface area contributed by atoms with Crippen molar-refractivity contribution < 1.29 is 13.7 Å². The highest BCUT2D eigenvalue weighted by atomic mass is 19.1. The SMILES string of the molecule is CC1(C)OB(c2cccc(F)c2-c2nc3ccccc3[nH]2)OC1(C)C. The molecule has 0 amide bonds. The molecule has 128 valence electrons. The Morgan fingerprint density at radius 3 is 2.32 bits per heavy atom. The molecule has 0 spiro atoms. The average Bonchev–Trinajstić information content (AvgIpc) is 3.05. The number of imidazole rings is 1. The summed E-state index contributed by atoms with van der Waals surface area (Å²) < 4.78 is 27.0. The molecule has 4 nitrogen and oxygen atoms in total. The van der Waals surface area contributed by atoms with E-state index in [1.54, 1.807) is 6.07 Å². The van der Waals surface area contributed by atoms with Gasteiger partial charge in [0.05, 0.1) is 27.8 Å². The number of halogens is 1. The number of nitrogens with one attached hydrogen (secondary N) is 1. The van der Waals surface area contributed by atoms with E-state index in [4.69, 9.17) is 9.31 Å². The fourth-order valence-electron chi connectivity index (χ4n) is 3.03. The number of aromatic amines is 1. The molecule has 2 heterocycles. The second-order valence-corrected chi connectivity index (χ2v) is 7.39. The van der Waals surface area contributed by atoms with Crippen LogP contribution in [0.15, 0.2) is 42.5 Å². The predicted molar refractivity (Wildman–Crippen MR) is 97.2 cm³/mol. The highest BCUT2D eigenvalue weighted by molar-refractivity contribution is 6.63. The van der Waals surface area contributed by atoms with Crippen LogP contribution in [0.3, 0.4) is 0 Å². The molecule has 0 saturated carbocycles. The molecule has 0 bridgehead atoms. The van der Waals surface area contributed by atoms with Gasteiger partial charge in [-0.25, -0.2) is 9.37 Å². The first-order valence-corrected chi connectivity index (χ1v) is 8.38. The Morgan fingerprint density at radius 2 is 1.64 bits per heavy atom. The summed E-state index contributed by atoms with van der Waals surface area (Å²) in [4.78, 5) is 7.74. The third-order valence-electron chi connectivity index (χ3n) is 5.18. The molecule has 2 aromatic carbocycles. The average molecular weight is 338 g/mol. The standard InChI is InChI=1S/C19H20BFN2O2/c1-18(2)19(3,4)25-20(24-18)12-8-7-9-13(21)16(12)17-22-14-10-5-6-11-15(14)23-17/h5-11H,1-4H3,(H,22,23). The van der Waals surface area contributed by atoms with Crippen molar-refractivity contribution in [3.05, 3.63) is 48.3 Å². The normalized spacial score (nSPS) is 18.8. The van der Waals surface area contributed by atoms with E-state index in [1.807, 2.05) is 58.0 Å². The maximum atomic E-state index is 14.7. The number of benzene rings is 2. The monoisotopic (exact) mass is 338 g/mol. The third kappa shape index (κ3) is 2.57. The fourth-order valence-corrected chi connectivity index (χ4v) is 3.03. The van der Waals surface area contributed by atoms with E-state index in [-0.39, 0.29) is 5.82 Å². The Kier molecular flexibility index (Phi) is 3.53. The van der Waals surface area contributed by atoms with Gasteiger partial charge in [-0.05, 0) is 51.4 Å². The van der Waals surface area contributed by atoms with Crippen molar-refractivity contribution in [2.45, 2.75) is 38.9 Å². The molecule has 1 saturated heterocycles. The second kappa shape index (κ2) is 5.41. The minimum atomic E-state index is -0.649. The van der Waals surface area contributed by atoms with Crippen molar-refractivity contribution in [2.75, 3.05) is 0 Å². The van der Waals surface area contributed by atoms with Crippen LogP contribution in [0.25, 0.3) is 22.4 Å². The Balaban J connectivity index is 1.85. The first-order chi connectivity index (χ1) is 11.8. The van der Waals surface area contributed by atoms with Gasteiger partial charge in [0.1, 0.15) is 11.6 Å². The van der Waals surface area contributed by atoms with Gasteiger partial charge in [-0.1, -0.05) is 24.3 Å². The van der Waals surface area contributed by atoms with Gasteiger partial charge in [-0.3, -0.25) is 0 Å². The number of aromatic nitrogens is 2. The van der Waals surface area contributed by atoms with E-state index in [9.17, 15) is 4.39 Å². The van der Waals surface area contributed by atoms with E-state index >= 15 is 0 Å². The molecular weight excluding hydrogens is 318 g/mol. The van der Waals surface area contributed by atoms with Crippen LogP contribution in [-0.2, 0) is 9.31 Å². The molecule has 1 aromatic heterocycles. The maximum absolute atomic E-state index is 14.7.